The van der Waals surface area contributed by atoms with E-state index in [-0.39, 0.29) is 16.4 Å². The van der Waals surface area contributed by atoms with Gasteiger partial charge in [-0.3, -0.25) is 14.2 Å². The van der Waals surface area contributed by atoms with Gasteiger partial charge in [-0.2, -0.15) is 0 Å². The molecule has 1 amide bonds. The Morgan fingerprint density at radius 2 is 1.97 bits per heavy atom. The zero-order valence-electron chi connectivity index (χ0n) is 17.6. The Morgan fingerprint density at radius 1 is 1.26 bits per heavy atom. The van der Waals surface area contributed by atoms with E-state index < -0.39 is 16.1 Å². The standard InChI is InChI=1S/C21H24N4O4S2/c1-4-16(19(26)23-13-8-10-14(11-9-13)31(28,29)24(2)3)25-12-22-20-18(21(25)27)15-6-5-7-17(15)30-20/h8-12,16H,4-7H2,1-3H3,(H,23,26). The van der Waals surface area contributed by atoms with Crippen LogP contribution in [0.25, 0.3) is 10.2 Å². The lowest BCUT2D eigenvalue weighted by molar-refractivity contribution is -0.119. The quantitative estimate of drug-likeness (QED) is 0.610. The van der Waals surface area contributed by atoms with Crippen LogP contribution < -0.4 is 10.9 Å². The molecule has 1 aromatic carbocycles. The Morgan fingerprint density at radius 3 is 2.61 bits per heavy atom. The molecule has 1 unspecified atom stereocenters. The third kappa shape index (κ3) is 3.79. The Labute approximate surface area is 184 Å². The van der Waals surface area contributed by atoms with Gasteiger partial charge in [0.15, 0.2) is 0 Å². The lowest BCUT2D eigenvalue weighted by atomic mass is 10.1. The van der Waals surface area contributed by atoms with Crippen molar-refractivity contribution >= 4 is 43.2 Å². The van der Waals surface area contributed by atoms with Crippen LogP contribution in [0.3, 0.4) is 0 Å². The molecule has 31 heavy (non-hydrogen) atoms. The van der Waals surface area contributed by atoms with Crippen LogP contribution in [0, 0.1) is 0 Å². The Kier molecular flexibility index (Phi) is 5.71. The first-order valence-electron chi connectivity index (χ1n) is 10.1. The van der Waals surface area contributed by atoms with Gasteiger partial charge in [0.1, 0.15) is 10.9 Å². The van der Waals surface area contributed by atoms with E-state index in [1.165, 1.54) is 54.1 Å². The summed E-state index contributed by atoms with van der Waals surface area (Å²) in [7, 11) is -0.623. The summed E-state index contributed by atoms with van der Waals surface area (Å²) < 4.78 is 26.9. The second-order valence-electron chi connectivity index (χ2n) is 7.72. The van der Waals surface area contributed by atoms with Crippen LogP contribution in [0.2, 0.25) is 0 Å². The van der Waals surface area contributed by atoms with Gasteiger partial charge in [-0.25, -0.2) is 17.7 Å². The molecule has 1 N–H and O–H groups in total. The van der Waals surface area contributed by atoms with E-state index in [1.54, 1.807) is 11.3 Å². The van der Waals surface area contributed by atoms with Gasteiger partial charge in [0, 0.05) is 24.7 Å². The number of carbonyl (C=O) groups is 1. The van der Waals surface area contributed by atoms with E-state index in [2.05, 4.69) is 10.3 Å². The number of nitrogens with zero attached hydrogens (tertiary/aromatic N) is 3. The van der Waals surface area contributed by atoms with Crippen molar-refractivity contribution in [3.8, 4) is 0 Å². The number of anilines is 1. The molecule has 1 aliphatic carbocycles. The van der Waals surface area contributed by atoms with Crippen molar-refractivity contribution in [2.45, 2.75) is 43.5 Å². The maximum Gasteiger partial charge on any atom is 0.263 e. The number of nitrogens with one attached hydrogen (secondary N) is 1. The van der Waals surface area contributed by atoms with Gasteiger partial charge in [0.2, 0.25) is 15.9 Å². The fraction of sp³-hybridized carbons (Fsp3) is 0.381. The van der Waals surface area contributed by atoms with Gasteiger partial charge in [-0.05, 0) is 55.5 Å². The topological polar surface area (TPSA) is 101 Å². The summed E-state index contributed by atoms with van der Waals surface area (Å²) in [5.74, 6) is -0.346. The van der Waals surface area contributed by atoms with Crippen molar-refractivity contribution in [1.29, 1.82) is 0 Å². The molecule has 0 bridgehead atoms. The zero-order chi connectivity index (χ0) is 22.3. The van der Waals surface area contributed by atoms with E-state index in [0.717, 1.165) is 34.0 Å². The predicted molar refractivity (Wildman–Crippen MR) is 121 cm³/mol. The monoisotopic (exact) mass is 460 g/mol. The summed E-state index contributed by atoms with van der Waals surface area (Å²) in [5.41, 5.74) is 1.36. The van der Waals surface area contributed by atoms with Crippen LogP contribution >= 0.6 is 11.3 Å². The maximum absolute atomic E-state index is 13.2. The molecule has 2 aromatic heterocycles. The third-order valence-corrected chi connectivity index (χ3v) is 8.61. The molecular weight excluding hydrogens is 436 g/mol. The van der Waals surface area contributed by atoms with E-state index in [1.807, 2.05) is 6.92 Å². The van der Waals surface area contributed by atoms with Gasteiger partial charge in [-0.1, -0.05) is 6.92 Å². The summed E-state index contributed by atoms with van der Waals surface area (Å²) in [6, 6.07) is 5.25. The Hall–Kier alpha value is -2.56. The highest BCUT2D eigenvalue weighted by Crippen LogP contribution is 2.34. The number of amides is 1. The molecule has 0 saturated carbocycles. The average molecular weight is 461 g/mol. The largest absolute Gasteiger partial charge is 0.324 e. The van der Waals surface area contributed by atoms with E-state index in [9.17, 15) is 18.0 Å². The van der Waals surface area contributed by atoms with Crippen LogP contribution in [0.5, 0.6) is 0 Å². The van der Waals surface area contributed by atoms with E-state index in [0.29, 0.717) is 17.5 Å². The molecule has 1 atom stereocenters. The summed E-state index contributed by atoms with van der Waals surface area (Å²) in [4.78, 5) is 32.7. The minimum absolute atomic E-state index is 0.139. The first-order chi connectivity index (χ1) is 14.7. The van der Waals surface area contributed by atoms with Crippen molar-refractivity contribution in [3.63, 3.8) is 0 Å². The maximum atomic E-state index is 13.2. The number of thiophene rings is 1. The zero-order valence-corrected chi connectivity index (χ0v) is 19.2. The van der Waals surface area contributed by atoms with Crippen molar-refractivity contribution < 1.29 is 13.2 Å². The summed E-state index contributed by atoms with van der Waals surface area (Å²) in [6.45, 7) is 1.84. The van der Waals surface area contributed by atoms with Crippen LogP contribution in [0.4, 0.5) is 5.69 Å². The lowest BCUT2D eigenvalue weighted by Crippen LogP contribution is -2.33. The second-order valence-corrected chi connectivity index (χ2v) is 11.0. The summed E-state index contributed by atoms with van der Waals surface area (Å²) in [5, 5.41) is 3.43. The lowest BCUT2D eigenvalue weighted by Gasteiger charge is -2.18. The third-order valence-electron chi connectivity index (χ3n) is 5.58. The van der Waals surface area contributed by atoms with Crippen LogP contribution in [0.15, 0.2) is 40.3 Å². The van der Waals surface area contributed by atoms with Gasteiger partial charge in [0.05, 0.1) is 16.6 Å². The number of aromatic nitrogens is 2. The highest BCUT2D eigenvalue weighted by atomic mass is 32.2. The van der Waals surface area contributed by atoms with E-state index >= 15 is 0 Å². The second kappa shape index (κ2) is 8.18. The van der Waals surface area contributed by atoms with Crippen molar-refractivity contribution in [2.75, 3.05) is 19.4 Å². The highest BCUT2D eigenvalue weighted by molar-refractivity contribution is 7.89. The number of fused-ring (bicyclic) bond motifs is 3. The smallest absolute Gasteiger partial charge is 0.263 e. The summed E-state index contributed by atoms with van der Waals surface area (Å²) >= 11 is 1.57. The molecular formula is C21H24N4O4S2. The molecule has 0 aliphatic heterocycles. The molecule has 2 heterocycles. The normalized spacial score (nSPS) is 14.7. The van der Waals surface area contributed by atoms with Crippen LogP contribution in [-0.4, -0.2) is 42.3 Å². The fourth-order valence-electron chi connectivity index (χ4n) is 3.87. The average Bonchev–Trinajstić information content (AvgIpc) is 3.31. The van der Waals surface area contributed by atoms with Gasteiger partial charge in [0.25, 0.3) is 5.56 Å². The Balaban J connectivity index is 1.61. The number of rotatable bonds is 6. The molecule has 3 aromatic rings. The SMILES string of the molecule is CCC(C(=O)Nc1ccc(S(=O)(=O)N(C)C)cc1)n1cnc2sc3c(c2c1=O)CCC3. The molecule has 1 aliphatic rings. The Bertz CT molecular complexity index is 1310. The molecule has 0 radical (unpaired) electrons. The van der Waals surface area contributed by atoms with Gasteiger partial charge < -0.3 is 5.32 Å². The molecule has 164 valence electrons. The van der Waals surface area contributed by atoms with Crippen molar-refractivity contribution in [1.82, 2.24) is 13.9 Å². The predicted octanol–water partition coefficient (Wildman–Crippen LogP) is 2.79. The first-order valence-corrected chi connectivity index (χ1v) is 12.3. The van der Waals surface area contributed by atoms with E-state index in [4.69, 9.17) is 0 Å². The number of benzene rings is 1. The number of hydrogen-bond donors (Lipinski definition) is 1. The van der Waals surface area contributed by atoms with Crippen molar-refractivity contribution in [2.24, 2.45) is 0 Å². The minimum Gasteiger partial charge on any atom is -0.324 e. The number of carbonyl (C=O) groups excluding carboxylic acids is 1. The molecule has 10 heteroatoms. The van der Waals surface area contributed by atoms with Crippen LogP contribution in [0.1, 0.15) is 36.2 Å². The molecule has 4 rings (SSSR count). The number of aryl methyl sites for hydroxylation is 2. The van der Waals surface area contributed by atoms with Crippen LogP contribution in [-0.2, 0) is 27.7 Å². The molecule has 8 nitrogen and oxygen atoms in total. The number of hydrogen-bond acceptors (Lipinski definition) is 6. The fourth-order valence-corrected chi connectivity index (χ4v) is 6.00. The molecule has 0 spiro atoms. The number of sulfonamides is 1. The van der Waals surface area contributed by atoms with Crippen molar-refractivity contribution in [3.05, 3.63) is 51.4 Å². The molecule has 0 saturated heterocycles. The first kappa shape index (κ1) is 21.7. The minimum atomic E-state index is -3.54. The van der Waals surface area contributed by atoms with Gasteiger partial charge >= 0.3 is 0 Å². The summed E-state index contributed by atoms with van der Waals surface area (Å²) in [6.07, 6.45) is 4.77. The van der Waals surface area contributed by atoms with Gasteiger partial charge in [-0.15, -0.1) is 11.3 Å². The molecule has 0 fully saturated rings. The highest BCUT2D eigenvalue weighted by Gasteiger charge is 2.26.